The molecule has 0 aliphatic rings. The molecule has 17 heavy (non-hydrogen) atoms. The van der Waals surface area contributed by atoms with E-state index in [-0.39, 0.29) is 12.0 Å². The van der Waals surface area contributed by atoms with Crippen LogP contribution in [0.3, 0.4) is 0 Å². The lowest BCUT2D eigenvalue weighted by atomic mass is 9.95. The SMILES string of the molecule is CC(C)(CO)CNc1c(Cl)ccc2scnc12. The maximum absolute atomic E-state index is 9.23. The number of rotatable bonds is 4. The summed E-state index contributed by atoms with van der Waals surface area (Å²) < 4.78 is 1.11. The van der Waals surface area contributed by atoms with Crippen molar-refractivity contribution >= 4 is 38.8 Å². The van der Waals surface area contributed by atoms with E-state index in [4.69, 9.17) is 11.6 Å². The largest absolute Gasteiger partial charge is 0.396 e. The summed E-state index contributed by atoms with van der Waals surface area (Å²) in [5.74, 6) is 0. The maximum Gasteiger partial charge on any atom is 0.106 e. The third-order valence-corrected chi connectivity index (χ3v) is 3.73. The van der Waals surface area contributed by atoms with E-state index in [0.717, 1.165) is 15.9 Å². The Balaban J connectivity index is 2.28. The van der Waals surface area contributed by atoms with Crippen molar-refractivity contribution in [3.63, 3.8) is 0 Å². The van der Waals surface area contributed by atoms with Gasteiger partial charge in [-0.2, -0.15) is 0 Å². The second-order valence-electron chi connectivity index (χ2n) is 4.80. The van der Waals surface area contributed by atoms with E-state index in [0.29, 0.717) is 11.6 Å². The van der Waals surface area contributed by atoms with E-state index in [1.807, 2.05) is 31.5 Å². The molecule has 0 amide bonds. The minimum atomic E-state index is -0.179. The molecule has 0 fully saturated rings. The summed E-state index contributed by atoms with van der Waals surface area (Å²) in [5.41, 5.74) is 3.38. The molecule has 1 aromatic carbocycles. The number of anilines is 1. The summed E-state index contributed by atoms with van der Waals surface area (Å²) in [7, 11) is 0. The van der Waals surface area contributed by atoms with Crippen molar-refractivity contribution < 1.29 is 5.11 Å². The van der Waals surface area contributed by atoms with Gasteiger partial charge in [0, 0.05) is 18.6 Å². The fourth-order valence-corrected chi connectivity index (χ4v) is 2.36. The first-order chi connectivity index (χ1) is 8.03. The second kappa shape index (κ2) is 4.80. The number of halogens is 1. The lowest BCUT2D eigenvalue weighted by Gasteiger charge is -2.23. The molecule has 0 saturated carbocycles. The van der Waals surface area contributed by atoms with Crippen LogP contribution in [0, 0.1) is 5.41 Å². The smallest absolute Gasteiger partial charge is 0.106 e. The first-order valence-corrected chi connectivity index (χ1v) is 6.66. The lowest BCUT2D eigenvalue weighted by molar-refractivity contribution is 0.171. The Hall–Kier alpha value is -0.840. The van der Waals surface area contributed by atoms with E-state index in [1.54, 1.807) is 11.3 Å². The Kier molecular flexibility index (Phi) is 3.56. The van der Waals surface area contributed by atoms with E-state index >= 15 is 0 Å². The number of hydrogen-bond donors (Lipinski definition) is 2. The fourth-order valence-electron chi connectivity index (χ4n) is 1.46. The molecule has 1 heterocycles. The van der Waals surface area contributed by atoms with Crippen LogP contribution in [-0.2, 0) is 0 Å². The van der Waals surface area contributed by atoms with Crippen molar-refractivity contribution in [3.05, 3.63) is 22.7 Å². The van der Waals surface area contributed by atoms with Gasteiger partial charge in [0.25, 0.3) is 0 Å². The number of aliphatic hydroxyl groups is 1. The molecule has 0 saturated heterocycles. The van der Waals surface area contributed by atoms with Gasteiger partial charge in [0.05, 0.1) is 20.9 Å². The average Bonchev–Trinajstić information content (AvgIpc) is 2.76. The molecule has 2 N–H and O–H groups in total. The van der Waals surface area contributed by atoms with Crippen molar-refractivity contribution in [2.45, 2.75) is 13.8 Å². The number of nitrogens with one attached hydrogen (secondary N) is 1. The van der Waals surface area contributed by atoms with E-state index in [9.17, 15) is 5.11 Å². The fraction of sp³-hybridized carbons (Fsp3) is 0.417. The standard InChI is InChI=1S/C12H15ClN2OS/c1-12(2,6-16)5-14-10-8(13)3-4-9-11(10)15-7-17-9/h3-4,7,14,16H,5-6H2,1-2H3. The van der Waals surface area contributed by atoms with Gasteiger partial charge < -0.3 is 10.4 Å². The molecule has 0 spiro atoms. The Morgan fingerprint density at radius 1 is 1.47 bits per heavy atom. The summed E-state index contributed by atoms with van der Waals surface area (Å²) in [4.78, 5) is 4.32. The molecule has 5 heteroatoms. The van der Waals surface area contributed by atoms with Crippen LogP contribution in [-0.4, -0.2) is 23.2 Å². The van der Waals surface area contributed by atoms with Crippen LogP contribution in [0.5, 0.6) is 0 Å². The molecule has 0 atom stereocenters. The highest BCUT2D eigenvalue weighted by Gasteiger charge is 2.17. The molecular formula is C12H15ClN2OS. The van der Waals surface area contributed by atoms with Gasteiger partial charge in [-0.25, -0.2) is 4.98 Å². The summed E-state index contributed by atoms with van der Waals surface area (Å²) in [5, 5.41) is 13.2. The first kappa shape index (κ1) is 12.6. The molecular weight excluding hydrogens is 256 g/mol. The molecule has 0 aliphatic carbocycles. The van der Waals surface area contributed by atoms with Gasteiger partial charge in [0.1, 0.15) is 5.52 Å². The Labute approximate surface area is 109 Å². The zero-order valence-corrected chi connectivity index (χ0v) is 11.4. The second-order valence-corrected chi connectivity index (χ2v) is 6.09. The van der Waals surface area contributed by atoms with E-state index in [1.165, 1.54) is 0 Å². The lowest BCUT2D eigenvalue weighted by Crippen LogP contribution is -2.26. The van der Waals surface area contributed by atoms with Crippen LogP contribution < -0.4 is 5.32 Å². The Morgan fingerprint density at radius 3 is 2.94 bits per heavy atom. The monoisotopic (exact) mass is 270 g/mol. The van der Waals surface area contributed by atoms with Crippen LogP contribution in [0.2, 0.25) is 5.02 Å². The number of aliphatic hydroxyl groups excluding tert-OH is 1. The molecule has 3 nitrogen and oxygen atoms in total. The van der Waals surface area contributed by atoms with Gasteiger partial charge in [-0.3, -0.25) is 0 Å². The van der Waals surface area contributed by atoms with Crippen LogP contribution >= 0.6 is 22.9 Å². The summed E-state index contributed by atoms with van der Waals surface area (Å²) in [6, 6.07) is 3.84. The normalized spacial score (nSPS) is 12.0. The molecule has 0 aliphatic heterocycles. The van der Waals surface area contributed by atoms with Crippen molar-refractivity contribution in [2.75, 3.05) is 18.5 Å². The molecule has 92 valence electrons. The van der Waals surface area contributed by atoms with Crippen LogP contribution in [0.15, 0.2) is 17.6 Å². The topological polar surface area (TPSA) is 45.1 Å². The third-order valence-electron chi connectivity index (χ3n) is 2.62. The summed E-state index contributed by atoms with van der Waals surface area (Å²) >= 11 is 7.76. The highest BCUT2D eigenvalue weighted by atomic mass is 35.5. The quantitative estimate of drug-likeness (QED) is 0.895. The van der Waals surface area contributed by atoms with Gasteiger partial charge in [-0.15, -0.1) is 11.3 Å². The number of benzene rings is 1. The number of aromatic nitrogens is 1. The molecule has 1 aromatic heterocycles. The summed E-state index contributed by atoms with van der Waals surface area (Å²) in [6.07, 6.45) is 0. The molecule has 0 bridgehead atoms. The number of fused-ring (bicyclic) bond motifs is 1. The predicted molar refractivity (Wildman–Crippen MR) is 74.0 cm³/mol. The average molecular weight is 271 g/mol. The minimum Gasteiger partial charge on any atom is -0.396 e. The molecule has 2 rings (SSSR count). The third kappa shape index (κ3) is 2.70. The Morgan fingerprint density at radius 2 is 2.24 bits per heavy atom. The summed E-state index contributed by atoms with van der Waals surface area (Å²) in [6.45, 7) is 4.77. The molecule has 2 aromatic rings. The highest BCUT2D eigenvalue weighted by Crippen LogP contribution is 2.32. The number of hydrogen-bond acceptors (Lipinski definition) is 4. The number of thiazole rings is 1. The van der Waals surface area contributed by atoms with E-state index < -0.39 is 0 Å². The zero-order chi connectivity index (χ0) is 12.5. The minimum absolute atomic E-state index is 0.130. The van der Waals surface area contributed by atoms with Crippen LogP contribution in [0.1, 0.15) is 13.8 Å². The van der Waals surface area contributed by atoms with Crippen molar-refractivity contribution in [1.29, 1.82) is 0 Å². The molecule has 0 radical (unpaired) electrons. The van der Waals surface area contributed by atoms with Crippen molar-refractivity contribution in [3.8, 4) is 0 Å². The Bertz CT molecular complexity index is 524. The maximum atomic E-state index is 9.23. The van der Waals surface area contributed by atoms with Gasteiger partial charge in [-0.1, -0.05) is 25.4 Å². The highest BCUT2D eigenvalue weighted by molar-refractivity contribution is 7.16. The van der Waals surface area contributed by atoms with Gasteiger partial charge in [0.15, 0.2) is 0 Å². The van der Waals surface area contributed by atoms with Crippen LogP contribution in [0.25, 0.3) is 10.2 Å². The van der Waals surface area contributed by atoms with Crippen LogP contribution in [0.4, 0.5) is 5.69 Å². The van der Waals surface area contributed by atoms with Gasteiger partial charge >= 0.3 is 0 Å². The van der Waals surface area contributed by atoms with Gasteiger partial charge in [-0.05, 0) is 12.1 Å². The van der Waals surface area contributed by atoms with Gasteiger partial charge in [0.2, 0.25) is 0 Å². The van der Waals surface area contributed by atoms with Crippen molar-refractivity contribution in [2.24, 2.45) is 5.41 Å². The first-order valence-electron chi connectivity index (χ1n) is 5.40. The predicted octanol–water partition coefficient (Wildman–Crippen LogP) is 3.38. The van der Waals surface area contributed by atoms with E-state index in [2.05, 4.69) is 10.3 Å². The molecule has 0 unspecified atom stereocenters. The zero-order valence-electron chi connectivity index (χ0n) is 9.83. The number of nitrogens with zero attached hydrogens (tertiary/aromatic N) is 1. The van der Waals surface area contributed by atoms with Crippen molar-refractivity contribution in [1.82, 2.24) is 4.98 Å².